The van der Waals surface area contributed by atoms with Gasteiger partial charge in [-0.3, -0.25) is 19.3 Å². The van der Waals surface area contributed by atoms with Crippen molar-refractivity contribution in [2.45, 2.75) is 138 Å². The van der Waals surface area contributed by atoms with E-state index in [0.717, 1.165) is 51.6 Å². The molecule has 0 bridgehead atoms. The van der Waals surface area contributed by atoms with Crippen LogP contribution in [0.4, 0.5) is 4.79 Å². The van der Waals surface area contributed by atoms with E-state index < -0.39 is 29.4 Å². The van der Waals surface area contributed by atoms with Crippen LogP contribution in [-0.4, -0.2) is 97.1 Å². The molecule has 5 amide bonds. The number of carbonyl (C=O) groups is 4. The molecular weight excluding hydrogens is 632 g/mol. The third kappa shape index (κ3) is 7.06. The molecule has 5 N–H and O–H groups in total. The molecule has 2 spiro atoms. The predicted molar refractivity (Wildman–Crippen MR) is 195 cm³/mol. The fraction of sp³-hybridized carbons (Fsp3) is 0.846. The molecule has 5 atom stereocenters. The first-order valence-corrected chi connectivity index (χ1v) is 19.2. The molecule has 11 nitrogen and oxygen atoms in total. The number of primary amides is 1. The monoisotopic (exact) mass is 699 g/mol. The lowest BCUT2D eigenvalue weighted by molar-refractivity contribution is -0.142. The fourth-order valence-electron chi connectivity index (χ4n) is 9.90. The van der Waals surface area contributed by atoms with E-state index >= 15 is 0 Å². The van der Waals surface area contributed by atoms with Crippen LogP contribution in [-0.2, 0) is 19.1 Å². The highest BCUT2D eigenvalue weighted by Gasteiger charge is 2.85. The van der Waals surface area contributed by atoms with Gasteiger partial charge in [-0.05, 0) is 60.2 Å². The summed E-state index contributed by atoms with van der Waals surface area (Å²) in [6.45, 7) is 22.7. The lowest BCUT2D eigenvalue weighted by atomic mass is 9.73. The number of nitrogens with zero attached hydrogens (tertiary/aromatic N) is 2. The minimum Gasteiger partial charge on any atom is -0.379 e. The lowest BCUT2D eigenvalue weighted by Gasteiger charge is -2.39. The number of fused-ring (bicyclic) bond motifs is 1. The van der Waals surface area contributed by atoms with Crippen LogP contribution < -0.4 is 21.7 Å². The number of ether oxygens (including phenoxy) is 1. The molecule has 0 aromatic heterocycles. The first kappa shape index (κ1) is 38.6. The number of morpholine rings is 1. The van der Waals surface area contributed by atoms with Crippen molar-refractivity contribution in [2.24, 2.45) is 38.7 Å². The van der Waals surface area contributed by atoms with Gasteiger partial charge < -0.3 is 31.3 Å². The first-order valence-electron chi connectivity index (χ1n) is 19.2. The van der Waals surface area contributed by atoms with Crippen molar-refractivity contribution in [3.05, 3.63) is 11.6 Å². The summed E-state index contributed by atoms with van der Waals surface area (Å²) in [5.41, 5.74) is 5.30. The molecule has 50 heavy (non-hydrogen) atoms. The van der Waals surface area contributed by atoms with Crippen molar-refractivity contribution in [1.82, 2.24) is 25.8 Å². The van der Waals surface area contributed by atoms with Crippen LogP contribution in [0.25, 0.3) is 0 Å². The molecule has 5 rings (SSSR count). The molecule has 0 radical (unpaired) electrons. The van der Waals surface area contributed by atoms with E-state index in [1.54, 1.807) is 17.9 Å². The smallest absolute Gasteiger partial charge is 0.315 e. The Labute approximate surface area is 300 Å². The Bertz CT molecular complexity index is 1330. The number of likely N-dealkylation sites (tertiary alicyclic amines) is 1. The molecule has 5 fully saturated rings. The third-order valence-corrected chi connectivity index (χ3v) is 13.8. The summed E-state index contributed by atoms with van der Waals surface area (Å²) in [5, 5.41) is 9.52. The number of allylic oxidation sites excluding steroid dienone is 1. The van der Waals surface area contributed by atoms with Gasteiger partial charge in [0, 0.05) is 43.2 Å². The van der Waals surface area contributed by atoms with Crippen LogP contribution in [0, 0.1) is 33.0 Å². The zero-order valence-electron chi connectivity index (χ0n) is 32.4. The topological polar surface area (TPSA) is 146 Å². The maximum Gasteiger partial charge on any atom is 0.315 e. The molecular formula is C39H66N6O5. The summed E-state index contributed by atoms with van der Waals surface area (Å²) in [7, 11) is 0. The second-order valence-electron chi connectivity index (χ2n) is 18.8. The number of hydrogen-bond acceptors (Lipinski definition) is 6. The summed E-state index contributed by atoms with van der Waals surface area (Å²) >= 11 is 0. The molecule has 2 heterocycles. The number of urea groups is 1. The second kappa shape index (κ2) is 14.1. The van der Waals surface area contributed by atoms with Crippen molar-refractivity contribution < 1.29 is 23.9 Å². The molecule has 2 saturated heterocycles. The lowest BCUT2D eigenvalue weighted by Crippen LogP contribution is -2.62. The van der Waals surface area contributed by atoms with E-state index in [2.05, 4.69) is 55.5 Å². The molecule has 3 saturated carbocycles. The van der Waals surface area contributed by atoms with Crippen molar-refractivity contribution in [3.63, 3.8) is 0 Å². The minimum atomic E-state index is -0.862. The summed E-state index contributed by atoms with van der Waals surface area (Å²) < 4.78 is 5.53. The van der Waals surface area contributed by atoms with Gasteiger partial charge in [-0.25, -0.2) is 4.79 Å². The molecule has 11 heteroatoms. The third-order valence-electron chi connectivity index (χ3n) is 13.8. The number of nitrogens with two attached hydrogens (primary N) is 1. The van der Waals surface area contributed by atoms with E-state index in [0.29, 0.717) is 50.6 Å². The highest BCUT2D eigenvalue weighted by atomic mass is 16.5. The van der Waals surface area contributed by atoms with Gasteiger partial charge in [-0.2, -0.15) is 0 Å². The van der Waals surface area contributed by atoms with Gasteiger partial charge in [0.15, 0.2) is 0 Å². The Morgan fingerprint density at radius 1 is 0.920 bits per heavy atom. The largest absolute Gasteiger partial charge is 0.379 e. The number of hydrogen-bond donors (Lipinski definition) is 4. The maximum absolute atomic E-state index is 14.9. The van der Waals surface area contributed by atoms with Gasteiger partial charge in [0.2, 0.25) is 17.7 Å². The molecule has 0 aromatic carbocycles. The SMILES string of the molecule is CC=C(C(N)=O)C(CC1CCC1)NC(=O)[C@@H]1C[C@@]2(CN1C(=O)[C@@H](NC(=O)N[C@@H](CN1CCOCC1)C(C)(C)C)C(C)(C)C)C(C)(C)C21CCC1. The van der Waals surface area contributed by atoms with Crippen LogP contribution in [0.3, 0.4) is 0 Å². The standard InChI is InChI=1S/C39H66N6O5/c1-10-26(31(40)46)27(21-25-13-11-14-25)41-32(47)28-22-39(37(8,9)38(39)15-12-16-38)24-45(28)33(48)30(36(5,6)7)43-34(49)42-29(35(2,3)4)23-44-17-19-50-20-18-44/h10,25,27-30H,11-24H2,1-9H3,(H2,40,46)(H,41,47)(H2,42,43,49)/t27?,28-,29-,30+,39+/m0/s1. The van der Waals surface area contributed by atoms with E-state index in [1.807, 2.05) is 20.8 Å². The summed E-state index contributed by atoms with van der Waals surface area (Å²) in [6.07, 6.45) is 9.59. The van der Waals surface area contributed by atoms with Gasteiger partial charge >= 0.3 is 6.03 Å². The summed E-state index contributed by atoms with van der Waals surface area (Å²) in [4.78, 5) is 59.8. The molecule has 2 aliphatic heterocycles. The van der Waals surface area contributed by atoms with Crippen LogP contribution in [0.15, 0.2) is 11.6 Å². The zero-order chi connectivity index (χ0) is 36.9. The number of rotatable bonds is 11. The quantitative estimate of drug-likeness (QED) is 0.236. The fourth-order valence-corrected chi connectivity index (χ4v) is 9.90. The van der Waals surface area contributed by atoms with Gasteiger partial charge in [0.05, 0.1) is 19.3 Å². The number of carbonyl (C=O) groups excluding carboxylic acids is 4. The van der Waals surface area contributed by atoms with Crippen molar-refractivity contribution >= 4 is 23.8 Å². The van der Waals surface area contributed by atoms with Crippen LogP contribution in [0.2, 0.25) is 0 Å². The van der Waals surface area contributed by atoms with E-state index in [-0.39, 0.29) is 45.5 Å². The Kier molecular flexibility index (Phi) is 10.8. The number of amides is 5. The summed E-state index contributed by atoms with van der Waals surface area (Å²) in [5.74, 6) is -0.585. The Hall–Kier alpha value is -2.66. The van der Waals surface area contributed by atoms with Crippen LogP contribution in [0.5, 0.6) is 0 Å². The van der Waals surface area contributed by atoms with Crippen LogP contribution in [0.1, 0.15) is 114 Å². The van der Waals surface area contributed by atoms with E-state index in [9.17, 15) is 19.2 Å². The van der Waals surface area contributed by atoms with E-state index in [4.69, 9.17) is 10.5 Å². The predicted octanol–water partition coefficient (Wildman–Crippen LogP) is 4.35. The Morgan fingerprint density at radius 2 is 1.56 bits per heavy atom. The number of nitrogens with one attached hydrogen (secondary N) is 3. The average Bonchev–Trinajstić information content (AvgIpc) is 3.20. The van der Waals surface area contributed by atoms with E-state index in [1.165, 1.54) is 0 Å². The molecule has 1 unspecified atom stereocenters. The second-order valence-corrected chi connectivity index (χ2v) is 18.8. The van der Waals surface area contributed by atoms with Crippen molar-refractivity contribution in [3.8, 4) is 0 Å². The molecule has 282 valence electrons. The maximum atomic E-state index is 14.9. The molecule has 5 aliphatic rings. The zero-order valence-corrected chi connectivity index (χ0v) is 32.4. The van der Waals surface area contributed by atoms with Crippen molar-refractivity contribution in [1.29, 1.82) is 0 Å². The van der Waals surface area contributed by atoms with Crippen molar-refractivity contribution in [2.75, 3.05) is 39.4 Å². The molecule has 0 aromatic rings. The Morgan fingerprint density at radius 3 is 2.02 bits per heavy atom. The van der Waals surface area contributed by atoms with Gasteiger partial charge in [0.25, 0.3) is 0 Å². The van der Waals surface area contributed by atoms with Gasteiger partial charge in [0.1, 0.15) is 12.1 Å². The normalized spacial score (nSPS) is 28.3. The highest BCUT2D eigenvalue weighted by Crippen LogP contribution is 2.88. The van der Waals surface area contributed by atoms with Gasteiger partial charge in [-0.15, -0.1) is 0 Å². The highest BCUT2D eigenvalue weighted by molar-refractivity contribution is 5.96. The van der Waals surface area contributed by atoms with Gasteiger partial charge in [-0.1, -0.05) is 87.1 Å². The molecule has 3 aliphatic carbocycles. The summed E-state index contributed by atoms with van der Waals surface area (Å²) in [6, 6.07) is -2.62. The average molecular weight is 699 g/mol. The van der Waals surface area contributed by atoms with Crippen LogP contribution >= 0.6 is 0 Å². The minimum absolute atomic E-state index is 0.0136. The Balaban J connectivity index is 1.39. The first-order chi connectivity index (χ1) is 23.3.